The highest BCUT2D eigenvalue weighted by atomic mass is 32.2. The lowest BCUT2D eigenvalue weighted by molar-refractivity contribution is 0.102. The van der Waals surface area contributed by atoms with Crippen LogP contribution in [0.4, 0.5) is 15.8 Å². The first-order valence-electron chi connectivity index (χ1n) is 8.53. The summed E-state index contributed by atoms with van der Waals surface area (Å²) < 4.78 is 40.8. The summed E-state index contributed by atoms with van der Waals surface area (Å²) in [5.74, 6) is -1.02. The molecule has 0 unspecified atom stereocenters. The molecule has 3 rings (SSSR count). The van der Waals surface area contributed by atoms with Crippen molar-refractivity contribution in [2.24, 2.45) is 0 Å². The standard InChI is InChI=1S/C21H19FN2O3S/c1-14-6-5-9-19(15(14)2)23-21(25)16-10-12-17(13-11-16)28(26,27)24-20-8-4-3-7-18(20)22/h3-13,24H,1-2H3,(H,23,25). The highest BCUT2D eigenvalue weighted by molar-refractivity contribution is 7.92. The molecular formula is C21H19FN2O3S. The molecule has 0 bridgehead atoms. The lowest BCUT2D eigenvalue weighted by Crippen LogP contribution is -2.15. The average Bonchev–Trinajstić information content (AvgIpc) is 2.67. The van der Waals surface area contributed by atoms with Gasteiger partial charge in [-0.1, -0.05) is 24.3 Å². The van der Waals surface area contributed by atoms with Crippen LogP contribution in [-0.2, 0) is 10.0 Å². The first-order valence-corrected chi connectivity index (χ1v) is 10.0. The van der Waals surface area contributed by atoms with Crippen molar-refractivity contribution in [3.05, 3.63) is 89.2 Å². The number of aryl methyl sites for hydroxylation is 1. The van der Waals surface area contributed by atoms with Gasteiger partial charge in [0.1, 0.15) is 5.82 Å². The second-order valence-electron chi connectivity index (χ2n) is 6.31. The van der Waals surface area contributed by atoms with Gasteiger partial charge in [-0.05, 0) is 67.4 Å². The van der Waals surface area contributed by atoms with Crippen LogP contribution in [-0.4, -0.2) is 14.3 Å². The van der Waals surface area contributed by atoms with Crippen LogP contribution in [0.5, 0.6) is 0 Å². The SMILES string of the molecule is Cc1cccc(NC(=O)c2ccc(S(=O)(=O)Nc3ccccc3F)cc2)c1C. The third kappa shape index (κ3) is 4.20. The number of carbonyl (C=O) groups is 1. The Morgan fingerprint density at radius 3 is 2.18 bits per heavy atom. The van der Waals surface area contributed by atoms with E-state index in [1.54, 1.807) is 6.07 Å². The van der Waals surface area contributed by atoms with Gasteiger partial charge in [-0.25, -0.2) is 12.8 Å². The molecule has 0 radical (unpaired) electrons. The van der Waals surface area contributed by atoms with Crippen molar-refractivity contribution in [3.63, 3.8) is 0 Å². The van der Waals surface area contributed by atoms with E-state index in [-0.39, 0.29) is 16.5 Å². The van der Waals surface area contributed by atoms with Crippen LogP contribution in [0.1, 0.15) is 21.5 Å². The van der Waals surface area contributed by atoms with E-state index < -0.39 is 15.8 Å². The molecule has 0 fully saturated rings. The van der Waals surface area contributed by atoms with Crippen LogP contribution in [0.2, 0.25) is 0 Å². The molecule has 0 aromatic heterocycles. The first-order chi connectivity index (χ1) is 13.3. The Morgan fingerprint density at radius 2 is 1.50 bits per heavy atom. The molecule has 1 amide bonds. The zero-order valence-corrected chi connectivity index (χ0v) is 16.2. The normalized spacial score (nSPS) is 11.1. The van der Waals surface area contributed by atoms with Gasteiger partial charge in [-0.3, -0.25) is 9.52 Å². The van der Waals surface area contributed by atoms with Crippen molar-refractivity contribution >= 4 is 27.3 Å². The van der Waals surface area contributed by atoms with Crippen LogP contribution in [0, 0.1) is 19.7 Å². The summed E-state index contributed by atoms with van der Waals surface area (Å²) in [6.45, 7) is 3.86. The van der Waals surface area contributed by atoms with Gasteiger partial charge >= 0.3 is 0 Å². The van der Waals surface area contributed by atoms with Crippen molar-refractivity contribution in [2.75, 3.05) is 10.0 Å². The zero-order chi connectivity index (χ0) is 20.3. The number of para-hydroxylation sites is 1. The molecule has 0 spiro atoms. The van der Waals surface area contributed by atoms with Crippen LogP contribution >= 0.6 is 0 Å². The van der Waals surface area contributed by atoms with Crippen LogP contribution in [0.25, 0.3) is 0 Å². The van der Waals surface area contributed by atoms with Crippen molar-refractivity contribution in [3.8, 4) is 0 Å². The molecule has 2 N–H and O–H groups in total. The molecular weight excluding hydrogens is 379 g/mol. The molecule has 28 heavy (non-hydrogen) atoms. The van der Waals surface area contributed by atoms with Gasteiger partial charge in [0.15, 0.2) is 0 Å². The summed E-state index contributed by atoms with van der Waals surface area (Å²) >= 11 is 0. The third-order valence-electron chi connectivity index (χ3n) is 4.40. The molecule has 0 atom stereocenters. The van der Waals surface area contributed by atoms with Crippen molar-refractivity contribution < 1.29 is 17.6 Å². The molecule has 0 heterocycles. The van der Waals surface area contributed by atoms with E-state index in [0.717, 1.165) is 11.1 Å². The molecule has 0 saturated carbocycles. The Balaban J connectivity index is 1.78. The number of hydrogen-bond donors (Lipinski definition) is 2. The summed E-state index contributed by atoms with van der Waals surface area (Å²) in [6.07, 6.45) is 0. The summed E-state index contributed by atoms with van der Waals surface area (Å²) in [7, 11) is -3.97. The average molecular weight is 398 g/mol. The third-order valence-corrected chi connectivity index (χ3v) is 5.78. The molecule has 7 heteroatoms. The summed E-state index contributed by atoms with van der Waals surface area (Å²) in [5.41, 5.74) is 2.88. The summed E-state index contributed by atoms with van der Waals surface area (Å²) in [4.78, 5) is 12.4. The molecule has 3 aromatic carbocycles. The molecule has 144 valence electrons. The Kier molecular flexibility index (Phi) is 5.46. The summed E-state index contributed by atoms with van der Waals surface area (Å²) in [5, 5.41) is 2.82. The number of sulfonamides is 1. The van der Waals surface area contributed by atoms with Crippen LogP contribution in [0.15, 0.2) is 71.6 Å². The molecule has 0 aliphatic rings. The second-order valence-corrected chi connectivity index (χ2v) is 7.99. The number of rotatable bonds is 5. The lowest BCUT2D eigenvalue weighted by atomic mass is 10.1. The van der Waals surface area contributed by atoms with Gasteiger partial charge in [0.25, 0.3) is 15.9 Å². The highest BCUT2D eigenvalue weighted by Gasteiger charge is 2.17. The Labute approximate surface area is 163 Å². The van der Waals surface area contributed by atoms with Crippen LogP contribution in [0.3, 0.4) is 0 Å². The summed E-state index contributed by atoms with van der Waals surface area (Å²) in [6, 6.07) is 16.5. The topological polar surface area (TPSA) is 75.3 Å². The maximum Gasteiger partial charge on any atom is 0.261 e. The van der Waals surface area contributed by atoms with E-state index in [1.165, 1.54) is 48.5 Å². The Morgan fingerprint density at radius 1 is 0.857 bits per heavy atom. The minimum atomic E-state index is -3.97. The number of hydrogen-bond acceptors (Lipinski definition) is 3. The number of nitrogens with one attached hydrogen (secondary N) is 2. The maximum atomic E-state index is 13.7. The van der Waals surface area contributed by atoms with Crippen molar-refractivity contribution in [2.45, 2.75) is 18.7 Å². The van der Waals surface area contributed by atoms with Crippen LogP contribution < -0.4 is 10.0 Å². The van der Waals surface area contributed by atoms with E-state index in [0.29, 0.717) is 11.3 Å². The van der Waals surface area contributed by atoms with Gasteiger partial charge in [0.05, 0.1) is 10.6 Å². The molecule has 0 aliphatic carbocycles. The number of carbonyl (C=O) groups excluding carboxylic acids is 1. The Hall–Kier alpha value is -3.19. The molecule has 0 aliphatic heterocycles. The maximum absolute atomic E-state index is 13.7. The first kappa shape index (κ1) is 19.6. The number of amides is 1. The molecule has 5 nitrogen and oxygen atoms in total. The van der Waals surface area contributed by atoms with E-state index in [9.17, 15) is 17.6 Å². The smallest absolute Gasteiger partial charge is 0.261 e. The highest BCUT2D eigenvalue weighted by Crippen LogP contribution is 2.21. The predicted molar refractivity (Wildman–Crippen MR) is 108 cm³/mol. The minimum Gasteiger partial charge on any atom is -0.322 e. The van der Waals surface area contributed by atoms with Gasteiger partial charge in [-0.2, -0.15) is 0 Å². The van der Waals surface area contributed by atoms with E-state index in [1.807, 2.05) is 26.0 Å². The minimum absolute atomic E-state index is 0.0703. The lowest BCUT2D eigenvalue weighted by Gasteiger charge is -2.11. The number of halogens is 1. The molecule has 3 aromatic rings. The fraction of sp³-hybridized carbons (Fsp3) is 0.0952. The van der Waals surface area contributed by atoms with Crippen molar-refractivity contribution in [1.82, 2.24) is 0 Å². The largest absolute Gasteiger partial charge is 0.322 e. The fourth-order valence-electron chi connectivity index (χ4n) is 2.61. The van der Waals surface area contributed by atoms with Gasteiger partial charge < -0.3 is 5.32 Å². The fourth-order valence-corrected chi connectivity index (χ4v) is 3.68. The number of benzene rings is 3. The molecule has 0 saturated heterocycles. The van der Waals surface area contributed by atoms with E-state index in [4.69, 9.17) is 0 Å². The van der Waals surface area contributed by atoms with Gasteiger partial charge in [0.2, 0.25) is 0 Å². The quantitative estimate of drug-likeness (QED) is 0.665. The monoisotopic (exact) mass is 398 g/mol. The number of anilines is 2. The van der Waals surface area contributed by atoms with E-state index in [2.05, 4.69) is 10.0 Å². The predicted octanol–water partition coefficient (Wildman–Crippen LogP) is 4.50. The van der Waals surface area contributed by atoms with Crippen molar-refractivity contribution in [1.29, 1.82) is 0 Å². The van der Waals surface area contributed by atoms with E-state index >= 15 is 0 Å². The van der Waals surface area contributed by atoms with Gasteiger partial charge in [0, 0.05) is 11.3 Å². The second kappa shape index (κ2) is 7.82. The van der Waals surface area contributed by atoms with Gasteiger partial charge in [-0.15, -0.1) is 0 Å². The zero-order valence-electron chi connectivity index (χ0n) is 15.4. The Bertz CT molecular complexity index is 1130.